The first-order valence-electron chi connectivity index (χ1n) is 7.81. The van der Waals surface area contributed by atoms with Crippen LogP contribution in [0, 0.1) is 12.8 Å². The molecule has 0 aliphatic heterocycles. The highest BCUT2D eigenvalue weighted by atomic mass is 16.2. The van der Waals surface area contributed by atoms with Crippen molar-refractivity contribution in [1.29, 1.82) is 0 Å². The third-order valence-electron chi connectivity index (χ3n) is 4.30. The van der Waals surface area contributed by atoms with Gasteiger partial charge in [0.2, 0.25) is 5.91 Å². The fraction of sp³-hybridized carbons (Fsp3) is 0.278. The smallest absolute Gasteiger partial charge is 0.228 e. The van der Waals surface area contributed by atoms with E-state index in [9.17, 15) is 4.79 Å². The molecule has 3 aromatic heterocycles. The maximum atomic E-state index is 11.9. The predicted octanol–water partition coefficient (Wildman–Crippen LogP) is 3.29. The van der Waals surface area contributed by atoms with Gasteiger partial charge >= 0.3 is 0 Å². The Bertz CT molecular complexity index is 891. The highest BCUT2D eigenvalue weighted by Gasteiger charge is 2.29. The van der Waals surface area contributed by atoms with Crippen molar-refractivity contribution in [2.24, 2.45) is 13.0 Å². The number of aryl methyl sites for hydroxylation is 2. The summed E-state index contributed by atoms with van der Waals surface area (Å²) in [6.45, 7) is 2.02. The van der Waals surface area contributed by atoms with Crippen LogP contribution in [-0.2, 0) is 11.8 Å². The van der Waals surface area contributed by atoms with E-state index in [-0.39, 0.29) is 11.8 Å². The normalized spacial score (nSPS) is 14.2. The molecule has 5 heteroatoms. The number of amides is 1. The second kappa shape index (κ2) is 5.19. The van der Waals surface area contributed by atoms with Gasteiger partial charge in [0, 0.05) is 36.8 Å². The summed E-state index contributed by atoms with van der Waals surface area (Å²) in [5.74, 6) is 0.860. The molecule has 0 bridgehead atoms. The SMILES string of the molecule is Cc1ccc(-c2cc3cnc(NC(=O)C4CC4)cc3n2C)nc1. The van der Waals surface area contributed by atoms with Crippen LogP contribution in [0.2, 0.25) is 0 Å². The molecule has 23 heavy (non-hydrogen) atoms. The van der Waals surface area contributed by atoms with Crippen molar-refractivity contribution >= 4 is 22.6 Å². The number of fused-ring (bicyclic) bond motifs is 1. The summed E-state index contributed by atoms with van der Waals surface area (Å²) in [6, 6.07) is 8.08. The molecule has 0 radical (unpaired) electrons. The Balaban J connectivity index is 1.72. The van der Waals surface area contributed by atoms with Crippen LogP contribution < -0.4 is 5.32 Å². The number of carbonyl (C=O) groups excluding carboxylic acids is 1. The van der Waals surface area contributed by atoms with Gasteiger partial charge in [0.1, 0.15) is 5.82 Å². The number of pyridine rings is 2. The maximum absolute atomic E-state index is 11.9. The minimum absolute atomic E-state index is 0.0754. The highest BCUT2D eigenvalue weighted by molar-refractivity contribution is 5.95. The van der Waals surface area contributed by atoms with E-state index in [0.29, 0.717) is 5.82 Å². The Morgan fingerprint density at radius 2 is 2.04 bits per heavy atom. The molecule has 3 heterocycles. The molecule has 116 valence electrons. The molecular weight excluding hydrogens is 288 g/mol. The molecule has 4 rings (SSSR count). The fourth-order valence-electron chi connectivity index (χ4n) is 2.74. The number of nitrogens with one attached hydrogen (secondary N) is 1. The lowest BCUT2D eigenvalue weighted by Crippen LogP contribution is -2.14. The number of nitrogens with zero attached hydrogens (tertiary/aromatic N) is 3. The van der Waals surface area contributed by atoms with Crippen LogP contribution in [-0.4, -0.2) is 20.4 Å². The average molecular weight is 306 g/mol. The maximum Gasteiger partial charge on any atom is 0.228 e. The minimum atomic E-state index is 0.0754. The Morgan fingerprint density at radius 3 is 2.74 bits per heavy atom. The van der Waals surface area contributed by atoms with Gasteiger partial charge in [0.25, 0.3) is 0 Å². The molecule has 1 aliphatic carbocycles. The van der Waals surface area contributed by atoms with Gasteiger partial charge in [-0.3, -0.25) is 9.78 Å². The summed E-state index contributed by atoms with van der Waals surface area (Å²) in [6.07, 6.45) is 5.64. The Morgan fingerprint density at radius 1 is 1.22 bits per heavy atom. The van der Waals surface area contributed by atoms with Crippen molar-refractivity contribution in [3.63, 3.8) is 0 Å². The summed E-state index contributed by atoms with van der Waals surface area (Å²) in [5.41, 5.74) is 4.13. The monoisotopic (exact) mass is 306 g/mol. The van der Waals surface area contributed by atoms with Crippen LogP contribution in [0.25, 0.3) is 22.3 Å². The number of rotatable bonds is 3. The minimum Gasteiger partial charge on any atom is -0.342 e. The lowest BCUT2D eigenvalue weighted by Gasteiger charge is -2.06. The zero-order chi connectivity index (χ0) is 16.0. The lowest BCUT2D eigenvalue weighted by atomic mass is 10.2. The summed E-state index contributed by atoms with van der Waals surface area (Å²) >= 11 is 0. The van der Waals surface area contributed by atoms with E-state index in [1.54, 1.807) is 6.20 Å². The van der Waals surface area contributed by atoms with Crippen LogP contribution in [0.3, 0.4) is 0 Å². The molecular formula is C18H18N4O. The zero-order valence-corrected chi connectivity index (χ0v) is 13.2. The molecule has 3 aromatic rings. The fourth-order valence-corrected chi connectivity index (χ4v) is 2.74. The van der Waals surface area contributed by atoms with Gasteiger partial charge in [-0.15, -0.1) is 0 Å². The van der Waals surface area contributed by atoms with Gasteiger partial charge in [-0.1, -0.05) is 6.07 Å². The number of carbonyl (C=O) groups is 1. The van der Waals surface area contributed by atoms with E-state index in [4.69, 9.17) is 0 Å². The molecule has 0 unspecified atom stereocenters. The second-order valence-electron chi connectivity index (χ2n) is 6.20. The van der Waals surface area contributed by atoms with Crippen molar-refractivity contribution in [2.75, 3.05) is 5.32 Å². The standard InChI is InChI=1S/C18H18N4O/c1-11-3-6-14(19-9-11)16-7-13-10-20-17(8-15(13)22(16)2)21-18(23)12-4-5-12/h3,6-10,12H,4-5H2,1-2H3,(H,20,21,23). The van der Waals surface area contributed by atoms with Gasteiger partial charge in [-0.2, -0.15) is 0 Å². The number of aromatic nitrogens is 3. The van der Waals surface area contributed by atoms with Crippen molar-refractivity contribution in [2.45, 2.75) is 19.8 Å². The first-order valence-corrected chi connectivity index (χ1v) is 7.81. The zero-order valence-electron chi connectivity index (χ0n) is 13.2. The molecule has 5 nitrogen and oxygen atoms in total. The second-order valence-corrected chi connectivity index (χ2v) is 6.20. The van der Waals surface area contributed by atoms with Crippen molar-refractivity contribution < 1.29 is 4.79 Å². The quantitative estimate of drug-likeness (QED) is 0.807. The van der Waals surface area contributed by atoms with Crippen LogP contribution >= 0.6 is 0 Å². The summed E-state index contributed by atoms with van der Waals surface area (Å²) in [4.78, 5) is 20.7. The molecule has 0 saturated heterocycles. The van der Waals surface area contributed by atoms with E-state index in [1.165, 1.54) is 0 Å². The predicted molar refractivity (Wildman–Crippen MR) is 90.0 cm³/mol. The number of anilines is 1. The Labute approximate surface area is 134 Å². The molecule has 1 amide bonds. The van der Waals surface area contributed by atoms with Crippen LogP contribution in [0.5, 0.6) is 0 Å². The van der Waals surface area contributed by atoms with Gasteiger partial charge in [0.05, 0.1) is 16.9 Å². The average Bonchev–Trinajstić information content (AvgIpc) is 3.34. The first kappa shape index (κ1) is 13.9. The third-order valence-corrected chi connectivity index (χ3v) is 4.30. The van der Waals surface area contributed by atoms with E-state index in [0.717, 1.165) is 40.7 Å². The van der Waals surface area contributed by atoms with Crippen LogP contribution in [0.15, 0.2) is 36.7 Å². The lowest BCUT2D eigenvalue weighted by molar-refractivity contribution is -0.117. The molecule has 0 spiro atoms. The van der Waals surface area contributed by atoms with Gasteiger partial charge in [0.15, 0.2) is 0 Å². The number of hydrogen-bond acceptors (Lipinski definition) is 3. The summed E-state index contributed by atoms with van der Waals surface area (Å²) in [5, 5.41) is 3.94. The van der Waals surface area contributed by atoms with Crippen LogP contribution in [0.4, 0.5) is 5.82 Å². The third kappa shape index (κ3) is 2.59. The van der Waals surface area contributed by atoms with E-state index in [1.807, 2.05) is 32.3 Å². The molecule has 1 saturated carbocycles. The summed E-state index contributed by atoms with van der Waals surface area (Å²) < 4.78 is 2.08. The van der Waals surface area contributed by atoms with Crippen molar-refractivity contribution in [1.82, 2.24) is 14.5 Å². The molecule has 0 aromatic carbocycles. The number of hydrogen-bond donors (Lipinski definition) is 1. The van der Waals surface area contributed by atoms with E-state index >= 15 is 0 Å². The van der Waals surface area contributed by atoms with Gasteiger partial charge < -0.3 is 9.88 Å². The first-order chi connectivity index (χ1) is 11.1. The Hall–Kier alpha value is -2.69. The van der Waals surface area contributed by atoms with Gasteiger partial charge in [-0.05, 0) is 37.5 Å². The van der Waals surface area contributed by atoms with Crippen molar-refractivity contribution in [3.8, 4) is 11.4 Å². The van der Waals surface area contributed by atoms with Crippen LogP contribution in [0.1, 0.15) is 18.4 Å². The molecule has 1 aliphatic rings. The topological polar surface area (TPSA) is 59.8 Å². The largest absolute Gasteiger partial charge is 0.342 e. The molecule has 1 N–H and O–H groups in total. The Kier molecular flexibility index (Phi) is 3.15. The van der Waals surface area contributed by atoms with E-state index in [2.05, 4.69) is 32.0 Å². The molecule has 0 atom stereocenters. The van der Waals surface area contributed by atoms with Crippen molar-refractivity contribution in [3.05, 3.63) is 42.2 Å². The molecule has 1 fully saturated rings. The van der Waals surface area contributed by atoms with E-state index < -0.39 is 0 Å². The summed E-state index contributed by atoms with van der Waals surface area (Å²) in [7, 11) is 2.01. The van der Waals surface area contributed by atoms with Gasteiger partial charge in [-0.25, -0.2) is 4.98 Å². The highest BCUT2D eigenvalue weighted by Crippen LogP contribution is 2.31.